The summed E-state index contributed by atoms with van der Waals surface area (Å²) in [5.41, 5.74) is 9.64. The van der Waals surface area contributed by atoms with Crippen molar-refractivity contribution in [3.8, 4) is 0 Å². The van der Waals surface area contributed by atoms with Gasteiger partial charge in [0.25, 0.3) is 0 Å². The molecule has 0 unspecified atom stereocenters. The Hall–Kier alpha value is -8.56. The molecule has 4 heterocycles. The molecule has 12 rings (SSSR count). The average molecular weight is 1330 g/mol. The summed E-state index contributed by atoms with van der Waals surface area (Å²) in [6.45, 7) is 4.03. The molecule has 14 heteroatoms. The fourth-order valence-electron chi connectivity index (χ4n) is 7.20. The van der Waals surface area contributed by atoms with Crippen molar-refractivity contribution in [1.29, 1.82) is 0 Å². The quantitative estimate of drug-likeness (QED) is 0.0755. The van der Waals surface area contributed by atoms with E-state index in [0.29, 0.717) is 0 Å². The number of aromatic nitrogens is 4. The molecule has 0 atom stereocenters. The number of nitrogens with zero attached hydrogens (tertiary/aromatic N) is 12. The average Bonchev–Trinajstić information content (AvgIpc) is 4.06. The van der Waals surface area contributed by atoms with Crippen LogP contribution in [0.3, 0.4) is 0 Å². The van der Waals surface area contributed by atoms with Crippen molar-refractivity contribution in [3.63, 3.8) is 0 Å². The summed E-state index contributed by atoms with van der Waals surface area (Å²) in [6.07, 6.45) is 9.94. The van der Waals surface area contributed by atoms with Crippen LogP contribution in [0.2, 0.25) is 0 Å². The fraction of sp³-hybridized carbons (Fsp3) is 0. The van der Waals surface area contributed by atoms with Gasteiger partial charge in [0.15, 0.2) is 0 Å². The Balaban J connectivity index is 0.000000145. The largest absolute Gasteiger partial charge is 0.478 e. The molecule has 10 aromatic rings. The molecule has 0 fully saturated rings. The first kappa shape index (κ1) is 53.2. The third-order valence-corrected chi connectivity index (χ3v) is 10.6. The Kier molecular flexibility index (Phi) is 20.5. The van der Waals surface area contributed by atoms with Crippen LogP contribution in [0.25, 0.3) is 10.6 Å². The smallest absolute Gasteiger partial charge is 0.128 e. The van der Waals surface area contributed by atoms with Crippen LogP contribution in [-0.4, -0.2) is 32.6 Å². The molecule has 0 aliphatic carbocycles. The Labute approximate surface area is 461 Å². The first-order chi connectivity index (χ1) is 35.8. The normalized spacial score (nSPS) is 11.8. The number of para-hydroxylation sites is 8. The number of anilines is 8. The molecule has 74 heavy (non-hydrogen) atoms. The van der Waals surface area contributed by atoms with Crippen LogP contribution in [0.4, 0.5) is 68.5 Å². The fourth-order valence-corrected chi connectivity index (χ4v) is 7.20. The van der Waals surface area contributed by atoms with Gasteiger partial charge in [0.1, 0.15) is 24.3 Å². The van der Waals surface area contributed by atoms with E-state index in [1.165, 1.54) is 0 Å². The van der Waals surface area contributed by atoms with Gasteiger partial charge in [-0.25, -0.2) is 19.9 Å². The molecule has 0 spiro atoms. The van der Waals surface area contributed by atoms with Crippen molar-refractivity contribution in [2.75, 3.05) is 19.6 Å². The zero-order valence-corrected chi connectivity index (χ0v) is 44.1. The van der Waals surface area contributed by atoms with E-state index in [2.05, 4.69) is 86.8 Å². The Morgan fingerprint density at radius 2 is 0.730 bits per heavy atom. The summed E-state index contributed by atoms with van der Waals surface area (Å²) in [7, 11) is 0. The van der Waals surface area contributed by atoms with Gasteiger partial charge in [-0.05, 0) is 47.0 Å². The van der Waals surface area contributed by atoms with Crippen LogP contribution in [0.15, 0.2) is 266 Å². The second kappa shape index (κ2) is 28.5. The van der Waals surface area contributed by atoms with Crippen LogP contribution in [0.5, 0.6) is 0 Å². The maximum atomic E-state index is 4.41. The molecule has 0 N–H and O–H groups in total. The molecule has 0 bridgehead atoms. The van der Waals surface area contributed by atoms with E-state index in [9.17, 15) is 0 Å². The van der Waals surface area contributed by atoms with Crippen molar-refractivity contribution in [3.05, 3.63) is 292 Å². The van der Waals surface area contributed by atoms with E-state index in [4.69, 9.17) is 0 Å². The number of hydrogen-bond donors (Lipinski definition) is 0. The molecular weight excluding hydrogens is 1280 g/mol. The number of hydrogen-bond acceptors (Lipinski definition) is 10. The third-order valence-electron chi connectivity index (χ3n) is 10.6. The summed E-state index contributed by atoms with van der Waals surface area (Å²) < 4.78 is 0. The Morgan fingerprint density at radius 3 is 1.08 bits per heavy atom. The van der Waals surface area contributed by atoms with Crippen molar-refractivity contribution < 1.29 is 42.1 Å². The van der Waals surface area contributed by atoms with E-state index in [1.54, 1.807) is 25.3 Å². The summed E-state index contributed by atoms with van der Waals surface area (Å²) in [5, 5.41) is 8.42. The van der Waals surface area contributed by atoms with Gasteiger partial charge in [-0.15, -0.1) is 24.7 Å². The van der Waals surface area contributed by atoms with Crippen LogP contribution in [-0.2, 0) is 42.1 Å². The van der Waals surface area contributed by atoms with Gasteiger partial charge >= 0.3 is 0 Å². The standard InChI is InChI=1S/2C17H12N4.2C13H11N2.2Pt/c2*1-3-7-14(8-4-1)20-13-21(15-9-5-2-6-10-15)17-16(20)11-18-12-19-17;2*1-3-7-12(8-4-1)14-11-15-13-9-5-2-6-10-13;;/h2*1-9,11-13H;2*1-11H;;/q2*-2;2*-1;;. The van der Waals surface area contributed by atoms with Gasteiger partial charge in [0.2, 0.25) is 0 Å². The number of aliphatic imine (C=N–C) groups is 2. The molecule has 0 saturated heterocycles. The van der Waals surface area contributed by atoms with Gasteiger partial charge < -0.3 is 40.2 Å². The molecular formula is C60H46N12Pt2-6. The number of rotatable bonds is 10. The topological polar surface area (TPSA) is 117 Å². The predicted octanol–water partition coefficient (Wildman–Crippen LogP) is 15.5. The molecule has 2 aliphatic rings. The van der Waals surface area contributed by atoms with Gasteiger partial charge in [-0.1, -0.05) is 170 Å². The maximum Gasteiger partial charge on any atom is 0.128 e. The third kappa shape index (κ3) is 14.8. The van der Waals surface area contributed by atoms with Gasteiger partial charge in [0.05, 0.1) is 23.8 Å². The van der Waals surface area contributed by atoms with Gasteiger partial charge in [-0.2, -0.15) is 60.7 Å². The second-order valence-corrected chi connectivity index (χ2v) is 15.4. The molecule has 0 saturated carbocycles. The van der Waals surface area contributed by atoms with Crippen molar-refractivity contribution in [2.24, 2.45) is 9.98 Å². The minimum absolute atomic E-state index is 0. The van der Waals surface area contributed by atoms with E-state index >= 15 is 0 Å². The monoisotopic (exact) mass is 1320 g/mol. The summed E-state index contributed by atoms with van der Waals surface area (Å²) >= 11 is 0. The first-order valence-corrected chi connectivity index (χ1v) is 22.9. The Morgan fingerprint density at radius 1 is 0.392 bits per heavy atom. The van der Waals surface area contributed by atoms with Gasteiger partial charge in [-0.3, -0.25) is 0 Å². The van der Waals surface area contributed by atoms with Gasteiger partial charge in [0, 0.05) is 53.5 Å². The molecule has 12 nitrogen and oxygen atoms in total. The summed E-state index contributed by atoms with van der Waals surface area (Å²) in [4.78, 5) is 33.7. The van der Waals surface area contributed by atoms with Crippen LogP contribution in [0.1, 0.15) is 0 Å². The Bertz CT molecular complexity index is 2860. The minimum atomic E-state index is 0. The predicted molar refractivity (Wildman–Crippen MR) is 293 cm³/mol. The van der Waals surface area contributed by atoms with Crippen molar-refractivity contribution >= 4 is 81.2 Å². The van der Waals surface area contributed by atoms with E-state index in [-0.39, 0.29) is 42.1 Å². The maximum absolute atomic E-state index is 4.41. The summed E-state index contributed by atoms with van der Waals surface area (Å²) in [6, 6.07) is 81.5. The van der Waals surface area contributed by atoms with Crippen LogP contribution < -0.4 is 19.6 Å². The zero-order valence-electron chi connectivity index (χ0n) is 39.6. The molecule has 8 aromatic carbocycles. The first-order valence-electron chi connectivity index (χ1n) is 22.9. The molecule has 372 valence electrons. The molecule has 2 aliphatic heterocycles. The molecule has 2 aromatic heterocycles. The minimum Gasteiger partial charge on any atom is -0.478 e. The number of fused-ring (bicyclic) bond motifs is 2. The van der Waals surface area contributed by atoms with Crippen molar-refractivity contribution in [2.45, 2.75) is 0 Å². The van der Waals surface area contributed by atoms with E-state index < -0.39 is 0 Å². The molecule has 0 radical (unpaired) electrons. The number of benzene rings is 8. The van der Waals surface area contributed by atoms with E-state index in [0.717, 1.165) is 68.5 Å². The van der Waals surface area contributed by atoms with Crippen LogP contribution in [0, 0.1) is 25.5 Å². The van der Waals surface area contributed by atoms with Crippen LogP contribution >= 0.6 is 0 Å². The van der Waals surface area contributed by atoms with Crippen molar-refractivity contribution in [1.82, 2.24) is 19.9 Å². The van der Waals surface area contributed by atoms with E-state index in [1.807, 2.05) is 242 Å². The second-order valence-electron chi connectivity index (χ2n) is 15.4. The summed E-state index contributed by atoms with van der Waals surface area (Å²) in [5.74, 6) is 1.72. The zero-order chi connectivity index (χ0) is 48.8. The molecule has 0 amide bonds. The SMILES string of the molecule is C(=Nc1ccccc1)[N-]c1ccccc1.C(=Nc1ccccc1)[N-]c1ccccc1.[Pt].[Pt].[c-]1ccccc1N1[CH-]N(c2ccccc2)c2cncnc21.[c-]1ccccc1N1[CH-]N(c2ccccc2)c2cncnc21.